The fourth-order valence-electron chi connectivity index (χ4n) is 3.09. The lowest BCUT2D eigenvalue weighted by Gasteiger charge is -2.20. The Morgan fingerprint density at radius 1 is 1.05 bits per heavy atom. The molecular weight excluding hydrogens is 298 g/mol. The summed E-state index contributed by atoms with van der Waals surface area (Å²) >= 11 is 0. The molecule has 0 aromatic carbocycles. The topological polar surface area (TPSA) is 152 Å². The van der Waals surface area contributed by atoms with Gasteiger partial charge >= 0.3 is 0 Å². The molecule has 9 heteroatoms. The number of aliphatic hydroxyl groups excluding tert-OH is 6. The second kappa shape index (κ2) is 7.47. The van der Waals surface area contributed by atoms with Crippen molar-refractivity contribution in [3.8, 4) is 0 Å². The molecule has 0 aromatic rings. The largest absolute Gasteiger partial charge is 0.394 e. The molecule has 0 saturated carbocycles. The maximum Gasteiger partial charge on any atom is 0.186 e. The Labute approximate surface area is 128 Å². The number of nitrogens with one attached hydrogen (secondary N) is 1. The first-order valence-corrected chi connectivity index (χ1v) is 7.36. The third kappa shape index (κ3) is 3.42. The van der Waals surface area contributed by atoms with Gasteiger partial charge in [0, 0.05) is 13.2 Å². The predicted octanol–water partition coefficient (Wildman–Crippen LogP) is -3.72. The molecule has 0 amide bonds. The monoisotopic (exact) mass is 323 g/mol. The van der Waals surface area contributed by atoms with Crippen molar-refractivity contribution >= 4 is 0 Å². The van der Waals surface area contributed by atoms with Crippen LogP contribution in [0.25, 0.3) is 0 Å². The zero-order valence-corrected chi connectivity index (χ0v) is 12.3. The van der Waals surface area contributed by atoms with E-state index in [4.69, 9.17) is 14.6 Å². The number of hydrogen-bond acceptors (Lipinski definition) is 9. The van der Waals surface area contributed by atoms with Crippen LogP contribution >= 0.6 is 0 Å². The molecule has 0 radical (unpaired) electrons. The Morgan fingerprint density at radius 3 is 2.27 bits per heavy atom. The molecule has 2 heterocycles. The first-order valence-electron chi connectivity index (χ1n) is 7.36. The summed E-state index contributed by atoms with van der Waals surface area (Å²) in [6.07, 6.45) is -6.57. The van der Waals surface area contributed by atoms with Crippen molar-refractivity contribution in [2.24, 2.45) is 0 Å². The van der Waals surface area contributed by atoms with Gasteiger partial charge < -0.3 is 45.4 Å². The Hall–Kier alpha value is -0.360. The third-order valence-electron chi connectivity index (χ3n) is 4.45. The molecule has 2 fully saturated rings. The summed E-state index contributed by atoms with van der Waals surface area (Å²) in [4.78, 5) is 0. The van der Waals surface area contributed by atoms with Crippen molar-refractivity contribution in [2.75, 3.05) is 13.7 Å². The number of ether oxygens (including phenoxy) is 2. The van der Waals surface area contributed by atoms with E-state index in [1.807, 2.05) is 0 Å². The van der Waals surface area contributed by atoms with Crippen LogP contribution in [0.4, 0.5) is 0 Å². The van der Waals surface area contributed by atoms with E-state index in [1.165, 1.54) is 7.11 Å². The Balaban J connectivity index is 1.87. The fraction of sp³-hybridized carbons (Fsp3) is 1.00. The first-order chi connectivity index (χ1) is 10.4. The van der Waals surface area contributed by atoms with E-state index in [1.54, 1.807) is 0 Å². The van der Waals surface area contributed by atoms with Crippen molar-refractivity contribution in [3.63, 3.8) is 0 Å². The van der Waals surface area contributed by atoms with E-state index in [0.29, 0.717) is 12.8 Å². The van der Waals surface area contributed by atoms with Crippen LogP contribution in [0, 0.1) is 0 Å². The number of methoxy groups -OCH3 is 1. The van der Waals surface area contributed by atoms with Crippen LogP contribution in [-0.2, 0) is 9.47 Å². The highest BCUT2D eigenvalue weighted by atomic mass is 16.7. The van der Waals surface area contributed by atoms with Crippen LogP contribution in [0.2, 0.25) is 0 Å². The van der Waals surface area contributed by atoms with Crippen LogP contribution in [0.1, 0.15) is 12.8 Å². The minimum Gasteiger partial charge on any atom is -0.394 e. The average Bonchev–Trinajstić information content (AvgIpc) is 2.96. The van der Waals surface area contributed by atoms with E-state index in [2.05, 4.69) is 5.32 Å². The van der Waals surface area contributed by atoms with Gasteiger partial charge in [0.25, 0.3) is 0 Å². The summed E-state index contributed by atoms with van der Waals surface area (Å²) in [7, 11) is 1.36. The van der Waals surface area contributed by atoms with E-state index < -0.39 is 61.6 Å². The molecule has 9 atom stereocenters. The molecule has 0 aliphatic carbocycles. The standard InChI is InChI=1S/C13H25NO8/c1-21-13-12(20)10(18)7(22-13)3-2-5-9(17)11(19)8(14-5)6(16)4-15/h5-20H,2-4H2,1H3/t5-,6+,7+,8+,9-,10-,11-,12+,13+/m0/s1. The van der Waals surface area contributed by atoms with Crippen LogP contribution < -0.4 is 5.32 Å². The van der Waals surface area contributed by atoms with Gasteiger partial charge in [-0.15, -0.1) is 0 Å². The van der Waals surface area contributed by atoms with Crippen molar-refractivity contribution in [1.29, 1.82) is 0 Å². The Bertz CT molecular complexity index is 359. The van der Waals surface area contributed by atoms with Gasteiger partial charge in [0.05, 0.1) is 37.1 Å². The van der Waals surface area contributed by atoms with Gasteiger partial charge in [0.15, 0.2) is 6.29 Å². The van der Waals surface area contributed by atoms with Gasteiger partial charge in [0.2, 0.25) is 0 Å². The van der Waals surface area contributed by atoms with Crippen molar-refractivity contribution in [2.45, 2.75) is 67.8 Å². The van der Waals surface area contributed by atoms with E-state index in [-0.39, 0.29) is 0 Å². The zero-order valence-electron chi connectivity index (χ0n) is 12.3. The van der Waals surface area contributed by atoms with Crippen LogP contribution in [0.3, 0.4) is 0 Å². The van der Waals surface area contributed by atoms with Crippen LogP contribution in [0.15, 0.2) is 0 Å². The van der Waals surface area contributed by atoms with E-state index in [0.717, 1.165) is 0 Å². The van der Waals surface area contributed by atoms with Gasteiger partial charge in [0.1, 0.15) is 12.2 Å². The predicted molar refractivity (Wildman–Crippen MR) is 72.7 cm³/mol. The minimum absolute atomic E-state index is 0.321. The maximum atomic E-state index is 9.98. The summed E-state index contributed by atoms with van der Waals surface area (Å²) in [5.74, 6) is 0. The van der Waals surface area contributed by atoms with Crippen molar-refractivity contribution in [1.82, 2.24) is 5.32 Å². The molecule has 0 aromatic heterocycles. The molecule has 2 aliphatic heterocycles. The lowest BCUT2D eigenvalue weighted by Crippen LogP contribution is -2.45. The number of aliphatic hydroxyl groups is 6. The lowest BCUT2D eigenvalue weighted by molar-refractivity contribution is -0.149. The van der Waals surface area contributed by atoms with Gasteiger partial charge in [-0.2, -0.15) is 0 Å². The zero-order chi connectivity index (χ0) is 16.4. The average molecular weight is 323 g/mol. The molecule has 7 N–H and O–H groups in total. The normalized spacial score (nSPS) is 47.0. The molecule has 2 rings (SSSR count). The molecule has 0 unspecified atom stereocenters. The molecule has 2 saturated heterocycles. The number of hydrogen-bond donors (Lipinski definition) is 7. The smallest absolute Gasteiger partial charge is 0.186 e. The highest BCUT2D eigenvalue weighted by Crippen LogP contribution is 2.27. The van der Waals surface area contributed by atoms with Gasteiger partial charge in [-0.05, 0) is 12.8 Å². The molecule has 2 aliphatic rings. The second-order valence-electron chi connectivity index (χ2n) is 5.87. The van der Waals surface area contributed by atoms with Crippen LogP contribution in [0.5, 0.6) is 0 Å². The SMILES string of the molecule is CO[C@@H]1O[C@H](CC[C@@H]2N[C@H]([C@H](O)CO)[C@H](O)[C@H]2O)[C@H](O)[C@H]1O. The quantitative estimate of drug-likeness (QED) is 0.261. The van der Waals surface area contributed by atoms with Gasteiger partial charge in [-0.3, -0.25) is 0 Å². The third-order valence-corrected chi connectivity index (χ3v) is 4.45. The van der Waals surface area contributed by atoms with Gasteiger partial charge in [-0.25, -0.2) is 0 Å². The summed E-state index contributed by atoms with van der Waals surface area (Å²) in [5, 5.41) is 60.8. The summed E-state index contributed by atoms with van der Waals surface area (Å²) in [5.41, 5.74) is 0. The highest BCUT2D eigenvalue weighted by Gasteiger charge is 2.46. The molecule has 130 valence electrons. The molecule has 22 heavy (non-hydrogen) atoms. The molecule has 0 bridgehead atoms. The fourth-order valence-corrected chi connectivity index (χ4v) is 3.09. The summed E-state index contributed by atoms with van der Waals surface area (Å²) in [6.45, 7) is -0.527. The van der Waals surface area contributed by atoms with E-state index in [9.17, 15) is 25.5 Å². The molecule has 0 spiro atoms. The first kappa shape index (κ1) is 18.0. The maximum absolute atomic E-state index is 9.98. The van der Waals surface area contributed by atoms with E-state index >= 15 is 0 Å². The minimum atomic E-state index is -1.20. The van der Waals surface area contributed by atoms with Crippen molar-refractivity contribution < 1.29 is 40.1 Å². The Morgan fingerprint density at radius 2 is 1.73 bits per heavy atom. The van der Waals surface area contributed by atoms with Crippen LogP contribution in [-0.4, -0.2) is 99.4 Å². The molecule has 9 nitrogen and oxygen atoms in total. The molecular formula is C13H25NO8. The summed E-state index contributed by atoms with van der Waals surface area (Å²) in [6, 6.07) is -1.34. The van der Waals surface area contributed by atoms with Gasteiger partial charge in [-0.1, -0.05) is 0 Å². The number of rotatable bonds is 6. The second-order valence-corrected chi connectivity index (χ2v) is 5.87. The lowest BCUT2D eigenvalue weighted by atomic mass is 9.99. The Kier molecular flexibility index (Phi) is 6.11. The highest BCUT2D eigenvalue weighted by molar-refractivity contribution is 5.01. The van der Waals surface area contributed by atoms with Crippen molar-refractivity contribution in [3.05, 3.63) is 0 Å². The summed E-state index contributed by atoms with van der Waals surface area (Å²) < 4.78 is 10.3.